The van der Waals surface area contributed by atoms with E-state index in [2.05, 4.69) is 43.3 Å². The van der Waals surface area contributed by atoms with Gasteiger partial charge in [0.15, 0.2) is 5.82 Å². The number of piperazine rings is 1. The quantitative estimate of drug-likeness (QED) is 0.371. The predicted molar refractivity (Wildman–Crippen MR) is 144 cm³/mol. The van der Waals surface area contributed by atoms with Crippen molar-refractivity contribution >= 4 is 34.6 Å². The van der Waals surface area contributed by atoms with Gasteiger partial charge in [-0.25, -0.2) is 4.98 Å². The number of carbonyl (C=O) groups is 2. The number of hydrogen-bond acceptors (Lipinski definition) is 7. The summed E-state index contributed by atoms with van der Waals surface area (Å²) in [5, 5.41) is 7.82. The molecule has 1 N–H and O–H groups in total. The highest BCUT2D eigenvalue weighted by Gasteiger charge is 2.31. The van der Waals surface area contributed by atoms with E-state index < -0.39 is 0 Å². The average Bonchev–Trinajstić information content (AvgIpc) is 3.56. The number of thiophene rings is 1. The van der Waals surface area contributed by atoms with Crippen molar-refractivity contribution in [2.24, 2.45) is 0 Å². The molecule has 1 aliphatic heterocycles. The highest BCUT2D eigenvalue weighted by Crippen LogP contribution is 2.44. The largest absolute Gasteiger partial charge is 0.340 e. The number of rotatable bonds is 7. The van der Waals surface area contributed by atoms with E-state index in [1.165, 1.54) is 6.33 Å². The number of amides is 1. The second-order valence-corrected chi connectivity index (χ2v) is 10.6. The SMILES string of the molecule is CC(=O)Cc1cc(-c2cc(C(c3ccc(Cl)cc3)N3CCN(C(C)=O)CC3)c(-c3ncn[nH]3)s2)ccn1. The first-order valence-corrected chi connectivity index (χ1v) is 13.3. The van der Waals surface area contributed by atoms with Crippen molar-refractivity contribution in [1.82, 2.24) is 30.0 Å². The Morgan fingerprint density at radius 2 is 1.81 bits per heavy atom. The lowest BCUT2D eigenvalue weighted by atomic mass is 9.95. The van der Waals surface area contributed by atoms with Crippen molar-refractivity contribution in [3.05, 3.63) is 76.8 Å². The van der Waals surface area contributed by atoms with Crippen LogP contribution in [-0.2, 0) is 16.0 Å². The number of nitrogens with zero attached hydrogens (tertiary/aromatic N) is 5. The first kappa shape index (κ1) is 25.3. The molecule has 1 unspecified atom stereocenters. The van der Waals surface area contributed by atoms with Crippen molar-refractivity contribution in [1.29, 1.82) is 0 Å². The fourth-order valence-electron chi connectivity index (χ4n) is 4.76. The maximum atomic E-state index is 12.0. The molecule has 0 saturated carbocycles. The van der Waals surface area contributed by atoms with Crippen molar-refractivity contribution < 1.29 is 9.59 Å². The Balaban J connectivity index is 1.61. The number of H-pyrrole nitrogens is 1. The monoisotopic (exact) mass is 534 g/mol. The molecule has 0 radical (unpaired) electrons. The van der Waals surface area contributed by atoms with Crippen molar-refractivity contribution in [3.8, 4) is 21.1 Å². The third-order valence-corrected chi connectivity index (χ3v) is 7.99. The number of aromatic amines is 1. The topological polar surface area (TPSA) is 95.1 Å². The van der Waals surface area contributed by atoms with Crippen molar-refractivity contribution in [3.63, 3.8) is 0 Å². The van der Waals surface area contributed by atoms with Crippen LogP contribution < -0.4 is 0 Å². The van der Waals surface area contributed by atoms with Crippen LogP contribution in [0.4, 0.5) is 0 Å². The van der Waals surface area contributed by atoms with Gasteiger partial charge >= 0.3 is 0 Å². The molecule has 190 valence electrons. The van der Waals surface area contributed by atoms with Gasteiger partial charge in [-0.05, 0) is 53.9 Å². The van der Waals surface area contributed by atoms with E-state index in [1.807, 2.05) is 29.2 Å². The Bertz CT molecular complexity index is 1390. The van der Waals surface area contributed by atoms with Crippen LogP contribution in [0, 0.1) is 0 Å². The van der Waals surface area contributed by atoms with Crippen molar-refractivity contribution in [2.45, 2.75) is 26.3 Å². The van der Waals surface area contributed by atoms with Crippen LogP contribution in [0.3, 0.4) is 0 Å². The number of pyridine rings is 1. The summed E-state index contributed by atoms with van der Waals surface area (Å²) in [5.74, 6) is 0.874. The summed E-state index contributed by atoms with van der Waals surface area (Å²) in [6.07, 6.45) is 3.56. The van der Waals surface area contributed by atoms with Crippen LogP contribution in [0.1, 0.15) is 36.7 Å². The zero-order chi connectivity index (χ0) is 25.9. The molecule has 4 heterocycles. The first-order chi connectivity index (χ1) is 17.9. The number of nitrogens with one attached hydrogen (secondary N) is 1. The lowest BCUT2D eigenvalue weighted by Gasteiger charge is -2.39. The molecular formula is C27H27ClN6O2S. The highest BCUT2D eigenvalue weighted by atomic mass is 35.5. The lowest BCUT2D eigenvalue weighted by Crippen LogP contribution is -2.49. The molecule has 37 heavy (non-hydrogen) atoms. The van der Waals surface area contributed by atoms with Gasteiger partial charge in [-0.15, -0.1) is 11.3 Å². The molecule has 1 atom stereocenters. The van der Waals surface area contributed by atoms with Crippen LogP contribution in [0.5, 0.6) is 0 Å². The molecule has 1 aliphatic rings. The number of halogens is 1. The summed E-state index contributed by atoms with van der Waals surface area (Å²) in [6, 6.07) is 14.0. The molecule has 5 rings (SSSR count). The minimum absolute atomic E-state index is 0.0741. The van der Waals surface area contributed by atoms with Gasteiger partial charge in [-0.1, -0.05) is 23.7 Å². The Labute approximate surface area is 224 Å². The van der Waals surface area contributed by atoms with Crippen LogP contribution in [0.25, 0.3) is 21.1 Å². The van der Waals surface area contributed by atoms with Gasteiger partial charge in [0.1, 0.15) is 12.1 Å². The van der Waals surface area contributed by atoms with Gasteiger partial charge in [-0.2, -0.15) is 5.10 Å². The van der Waals surface area contributed by atoms with E-state index in [4.69, 9.17) is 11.6 Å². The molecule has 0 spiro atoms. The number of ketones is 1. The van der Waals surface area contributed by atoms with Gasteiger partial charge < -0.3 is 4.90 Å². The normalized spacial score (nSPS) is 15.1. The van der Waals surface area contributed by atoms with Gasteiger partial charge in [0.05, 0.1) is 10.9 Å². The molecule has 3 aromatic heterocycles. The van der Waals surface area contributed by atoms with Crippen LogP contribution in [-0.4, -0.2) is 67.8 Å². The number of carbonyl (C=O) groups excluding carboxylic acids is 2. The molecule has 1 aromatic carbocycles. The first-order valence-electron chi connectivity index (χ1n) is 12.1. The molecule has 1 saturated heterocycles. The standard InChI is InChI=1S/C27H27ClN6O2S/c1-17(35)13-22-14-20(7-8-29-22)24-15-23(26(37-24)27-30-16-31-32-27)25(19-3-5-21(28)6-4-19)34-11-9-33(10-12-34)18(2)36/h3-8,14-16,25H,9-13H2,1-2H3,(H,30,31,32). The molecule has 1 amide bonds. The Morgan fingerprint density at radius 3 is 2.46 bits per heavy atom. The van der Waals surface area contributed by atoms with Gasteiger partial charge in [0.25, 0.3) is 0 Å². The fraction of sp³-hybridized carbons (Fsp3) is 0.296. The number of benzene rings is 1. The van der Waals surface area contributed by atoms with E-state index in [0.717, 1.165) is 45.2 Å². The van der Waals surface area contributed by atoms with E-state index in [0.29, 0.717) is 30.4 Å². The molecule has 4 aromatic rings. The van der Waals surface area contributed by atoms with Crippen molar-refractivity contribution in [2.75, 3.05) is 26.2 Å². The smallest absolute Gasteiger partial charge is 0.219 e. The van der Waals surface area contributed by atoms with Crippen LogP contribution in [0.2, 0.25) is 5.02 Å². The summed E-state index contributed by atoms with van der Waals surface area (Å²) < 4.78 is 0. The van der Waals surface area contributed by atoms with E-state index >= 15 is 0 Å². The third kappa shape index (κ3) is 5.64. The van der Waals surface area contributed by atoms with Crippen LogP contribution >= 0.6 is 22.9 Å². The Morgan fingerprint density at radius 1 is 1.05 bits per heavy atom. The molecule has 0 aliphatic carbocycles. The maximum Gasteiger partial charge on any atom is 0.219 e. The maximum absolute atomic E-state index is 12.0. The molecule has 0 bridgehead atoms. The second kappa shape index (κ2) is 10.9. The number of hydrogen-bond donors (Lipinski definition) is 1. The molecule has 8 nitrogen and oxygen atoms in total. The third-order valence-electron chi connectivity index (χ3n) is 6.53. The van der Waals surface area contributed by atoms with E-state index in [9.17, 15) is 9.59 Å². The lowest BCUT2D eigenvalue weighted by molar-refractivity contribution is -0.130. The molecule has 10 heteroatoms. The summed E-state index contributed by atoms with van der Waals surface area (Å²) in [6.45, 7) is 6.02. The summed E-state index contributed by atoms with van der Waals surface area (Å²) in [7, 11) is 0. The summed E-state index contributed by atoms with van der Waals surface area (Å²) in [5.41, 5.74) is 3.95. The van der Waals surface area contributed by atoms with Crippen LogP contribution in [0.15, 0.2) is 55.0 Å². The van der Waals surface area contributed by atoms with Gasteiger partial charge in [0, 0.05) is 61.3 Å². The number of aromatic nitrogens is 4. The van der Waals surface area contributed by atoms with Gasteiger partial charge in [-0.3, -0.25) is 24.6 Å². The zero-order valence-electron chi connectivity index (χ0n) is 20.6. The zero-order valence-corrected chi connectivity index (χ0v) is 22.2. The number of Topliss-reactive ketones (excluding diaryl/α,β-unsaturated/α-hetero) is 1. The average molecular weight is 535 g/mol. The Kier molecular flexibility index (Phi) is 7.45. The summed E-state index contributed by atoms with van der Waals surface area (Å²) in [4.78, 5) is 38.8. The molecular weight excluding hydrogens is 508 g/mol. The molecule has 1 fully saturated rings. The minimum Gasteiger partial charge on any atom is -0.340 e. The highest BCUT2D eigenvalue weighted by molar-refractivity contribution is 7.19. The van der Waals surface area contributed by atoms with E-state index in [1.54, 1.807) is 31.4 Å². The van der Waals surface area contributed by atoms with E-state index in [-0.39, 0.29) is 17.7 Å². The summed E-state index contributed by atoms with van der Waals surface area (Å²) >= 11 is 7.87. The second-order valence-electron chi connectivity index (χ2n) is 9.14. The van der Waals surface area contributed by atoms with Gasteiger partial charge in [0.2, 0.25) is 5.91 Å². The predicted octanol–water partition coefficient (Wildman–Crippen LogP) is 4.63. The fourth-order valence-corrected chi connectivity index (χ4v) is 6.02. The Hall–Kier alpha value is -3.40. The minimum atomic E-state index is -0.0741.